The first-order valence-electron chi connectivity index (χ1n) is 6.86. The molecule has 1 aliphatic heterocycles. The lowest BCUT2D eigenvalue weighted by atomic mass is 10.1. The molecule has 1 aromatic heterocycles. The molecule has 8 nitrogen and oxygen atoms in total. The van der Waals surface area contributed by atoms with Gasteiger partial charge in [0.05, 0.1) is 17.1 Å². The minimum atomic E-state index is -0.565. The number of carbonyl (C=O) groups is 1. The van der Waals surface area contributed by atoms with Crippen LogP contribution in [0.3, 0.4) is 0 Å². The van der Waals surface area contributed by atoms with Crippen molar-refractivity contribution in [3.8, 4) is 0 Å². The van der Waals surface area contributed by atoms with E-state index in [0.29, 0.717) is 38.0 Å². The lowest BCUT2D eigenvalue weighted by Crippen LogP contribution is -2.30. The molecule has 21 heavy (non-hydrogen) atoms. The summed E-state index contributed by atoms with van der Waals surface area (Å²) in [5.74, 6) is 0.278. The summed E-state index contributed by atoms with van der Waals surface area (Å²) in [4.78, 5) is 26.4. The van der Waals surface area contributed by atoms with E-state index in [1.165, 1.54) is 6.07 Å². The molecule has 1 fully saturated rings. The molecule has 0 spiro atoms. The zero-order valence-electron chi connectivity index (χ0n) is 11.8. The van der Waals surface area contributed by atoms with Crippen LogP contribution in [-0.2, 0) is 4.74 Å². The van der Waals surface area contributed by atoms with Gasteiger partial charge in [0, 0.05) is 31.7 Å². The molecule has 1 atom stereocenters. The van der Waals surface area contributed by atoms with Crippen molar-refractivity contribution < 1.29 is 14.5 Å². The molecule has 0 aliphatic carbocycles. The van der Waals surface area contributed by atoms with Gasteiger partial charge in [-0.05, 0) is 13.3 Å². The van der Waals surface area contributed by atoms with E-state index in [9.17, 15) is 14.9 Å². The fraction of sp³-hybridized carbons (Fsp3) is 0.538. The number of anilines is 1. The number of aromatic nitrogens is 1. The van der Waals surface area contributed by atoms with Gasteiger partial charge in [0.15, 0.2) is 0 Å². The number of nitrogens with zero attached hydrogens (tertiary/aromatic N) is 2. The minimum absolute atomic E-state index is 0.185. The van der Waals surface area contributed by atoms with E-state index >= 15 is 0 Å². The summed E-state index contributed by atoms with van der Waals surface area (Å²) in [5.41, 5.74) is -0.0176. The normalized spacial score (nSPS) is 17.5. The SMILES string of the molecule is CCNc1ncc([N+](=O)[O-])cc1C(=O)NCC1CCOC1. The number of nitrogens with one attached hydrogen (secondary N) is 2. The fourth-order valence-electron chi connectivity index (χ4n) is 2.11. The van der Waals surface area contributed by atoms with Crippen molar-refractivity contribution in [1.82, 2.24) is 10.3 Å². The van der Waals surface area contributed by atoms with Gasteiger partial charge >= 0.3 is 0 Å². The maximum Gasteiger partial charge on any atom is 0.288 e. The quantitative estimate of drug-likeness (QED) is 0.603. The number of carbonyl (C=O) groups excluding carboxylic acids is 1. The first-order valence-corrected chi connectivity index (χ1v) is 6.86. The number of ether oxygens (including phenoxy) is 1. The highest BCUT2D eigenvalue weighted by Crippen LogP contribution is 2.19. The average Bonchev–Trinajstić information content (AvgIpc) is 2.98. The Kier molecular flexibility index (Phi) is 5.04. The number of nitro groups is 1. The summed E-state index contributed by atoms with van der Waals surface area (Å²) < 4.78 is 5.24. The average molecular weight is 294 g/mol. The number of hydrogen-bond acceptors (Lipinski definition) is 6. The maximum atomic E-state index is 12.2. The van der Waals surface area contributed by atoms with E-state index < -0.39 is 4.92 Å². The summed E-state index contributed by atoms with van der Waals surface area (Å²) in [6.07, 6.45) is 2.05. The second kappa shape index (κ2) is 6.98. The van der Waals surface area contributed by atoms with Crippen molar-refractivity contribution in [2.75, 3.05) is 31.6 Å². The third-order valence-electron chi connectivity index (χ3n) is 3.25. The minimum Gasteiger partial charge on any atom is -0.381 e. The van der Waals surface area contributed by atoms with Crippen LogP contribution >= 0.6 is 0 Å². The molecule has 1 aliphatic rings. The molecule has 8 heteroatoms. The maximum absolute atomic E-state index is 12.2. The highest BCUT2D eigenvalue weighted by Gasteiger charge is 2.20. The van der Waals surface area contributed by atoms with Crippen molar-refractivity contribution in [1.29, 1.82) is 0 Å². The van der Waals surface area contributed by atoms with Crippen LogP contribution in [0.4, 0.5) is 11.5 Å². The van der Waals surface area contributed by atoms with Crippen molar-refractivity contribution in [3.05, 3.63) is 27.9 Å². The lowest BCUT2D eigenvalue weighted by Gasteiger charge is -2.12. The predicted octanol–water partition coefficient (Wildman–Crippen LogP) is 1.19. The van der Waals surface area contributed by atoms with E-state index in [0.717, 1.165) is 12.6 Å². The van der Waals surface area contributed by atoms with Gasteiger partial charge < -0.3 is 15.4 Å². The monoisotopic (exact) mass is 294 g/mol. The van der Waals surface area contributed by atoms with Gasteiger partial charge in [0.2, 0.25) is 0 Å². The molecule has 2 rings (SSSR count). The molecule has 0 radical (unpaired) electrons. The van der Waals surface area contributed by atoms with Crippen molar-refractivity contribution in [2.24, 2.45) is 5.92 Å². The second-order valence-electron chi connectivity index (χ2n) is 4.82. The summed E-state index contributed by atoms with van der Waals surface area (Å²) in [6, 6.07) is 1.24. The third-order valence-corrected chi connectivity index (χ3v) is 3.25. The molecule has 1 saturated heterocycles. The number of pyridine rings is 1. The van der Waals surface area contributed by atoms with Gasteiger partial charge in [0.1, 0.15) is 12.0 Å². The Morgan fingerprint density at radius 2 is 2.43 bits per heavy atom. The zero-order chi connectivity index (χ0) is 15.2. The van der Waals surface area contributed by atoms with E-state index in [1.807, 2.05) is 6.92 Å². The Morgan fingerprint density at radius 3 is 3.05 bits per heavy atom. The Morgan fingerprint density at radius 1 is 1.62 bits per heavy atom. The Labute approximate surface area is 122 Å². The lowest BCUT2D eigenvalue weighted by molar-refractivity contribution is -0.385. The summed E-state index contributed by atoms with van der Waals surface area (Å²) in [6.45, 7) is 4.27. The van der Waals surface area contributed by atoms with Gasteiger partial charge in [-0.3, -0.25) is 14.9 Å². The molecular weight excluding hydrogens is 276 g/mol. The van der Waals surface area contributed by atoms with E-state index in [4.69, 9.17) is 4.74 Å². The van der Waals surface area contributed by atoms with Gasteiger partial charge in [-0.15, -0.1) is 0 Å². The van der Waals surface area contributed by atoms with Crippen LogP contribution < -0.4 is 10.6 Å². The molecule has 2 heterocycles. The summed E-state index contributed by atoms with van der Waals surface area (Å²) in [5, 5.41) is 16.5. The molecule has 1 aromatic rings. The standard InChI is InChI=1S/C13H18N4O4/c1-2-14-12-11(5-10(7-15-12)17(19)20)13(18)16-6-9-3-4-21-8-9/h5,7,9H,2-4,6,8H2,1H3,(H,14,15)(H,16,18). The Hall–Kier alpha value is -2.22. The molecule has 1 unspecified atom stereocenters. The van der Waals surface area contributed by atoms with Crippen molar-refractivity contribution in [2.45, 2.75) is 13.3 Å². The van der Waals surface area contributed by atoms with Crippen LogP contribution in [0, 0.1) is 16.0 Å². The highest BCUT2D eigenvalue weighted by molar-refractivity contribution is 5.99. The molecule has 114 valence electrons. The smallest absolute Gasteiger partial charge is 0.288 e. The van der Waals surface area contributed by atoms with Crippen LogP contribution in [0.25, 0.3) is 0 Å². The first-order chi connectivity index (χ1) is 10.1. The second-order valence-corrected chi connectivity index (χ2v) is 4.82. The van der Waals surface area contributed by atoms with E-state index in [2.05, 4.69) is 15.6 Å². The fourth-order valence-corrected chi connectivity index (χ4v) is 2.11. The molecule has 0 aromatic carbocycles. The first kappa shape index (κ1) is 15.2. The Bertz CT molecular complexity index is 529. The molecule has 0 saturated carbocycles. The van der Waals surface area contributed by atoms with Gasteiger partial charge in [-0.1, -0.05) is 0 Å². The largest absolute Gasteiger partial charge is 0.381 e. The third kappa shape index (κ3) is 3.88. The van der Waals surface area contributed by atoms with Gasteiger partial charge in [-0.2, -0.15) is 0 Å². The Balaban J connectivity index is 2.11. The van der Waals surface area contributed by atoms with Gasteiger partial charge in [-0.25, -0.2) is 4.98 Å². The summed E-state index contributed by atoms with van der Waals surface area (Å²) >= 11 is 0. The van der Waals surface area contributed by atoms with E-state index in [-0.39, 0.29) is 17.2 Å². The van der Waals surface area contributed by atoms with Crippen LogP contribution in [0.5, 0.6) is 0 Å². The number of hydrogen-bond donors (Lipinski definition) is 2. The van der Waals surface area contributed by atoms with Gasteiger partial charge in [0.25, 0.3) is 11.6 Å². The van der Waals surface area contributed by atoms with Crippen LogP contribution in [0.15, 0.2) is 12.3 Å². The number of amides is 1. The van der Waals surface area contributed by atoms with Crippen molar-refractivity contribution in [3.63, 3.8) is 0 Å². The molecular formula is C13H18N4O4. The van der Waals surface area contributed by atoms with Crippen LogP contribution in [-0.4, -0.2) is 42.1 Å². The van der Waals surface area contributed by atoms with E-state index in [1.54, 1.807) is 0 Å². The predicted molar refractivity (Wildman–Crippen MR) is 76.3 cm³/mol. The topological polar surface area (TPSA) is 106 Å². The van der Waals surface area contributed by atoms with Crippen LogP contribution in [0.1, 0.15) is 23.7 Å². The molecule has 0 bridgehead atoms. The summed E-state index contributed by atoms with van der Waals surface area (Å²) in [7, 11) is 0. The molecule has 2 N–H and O–H groups in total. The highest BCUT2D eigenvalue weighted by atomic mass is 16.6. The molecule has 1 amide bonds. The van der Waals surface area contributed by atoms with Crippen LogP contribution in [0.2, 0.25) is 0 Å². The van der Waals surface area contributed by atoms with Crippen molar-refractivity contribution >= 4 is 17.4 Å². The number of rotatable bonds is 6. The zero-order valence-corrected chi connectivity index (χ0v) is 11.8.